The number of nitrogens with zero attached hydrogens (tertiary/aromatic N) is 2. The molecule has 160 valence electrons. The Balaban J connectivity index is 1.62. The number of anilines is 1. The molecule has 0 bridgehead atoms. The highest BCUT2D eigenvalue weighted by Gasteiger charge is 2.12. The van der Waals surface area contributed by atoms with E-state index in [-0.39, 0.29) is 5.69 Å². The molecule has 4 aromatic rings. The second kappa shape index (κ2) is 9.13. The van der Waals surface area contributed by atoms with Crippen LogP contribution in [0.4, 0.5) is 17.1 Å². The Morgan fingerprint density at radius 3 is 2.66 bits per heavy atom. The molecule has 0 saturated carbocycles. The van der Waals surface area contributed by atoms with E-state index in [0.717, 1.165) is 16.6 Å². The lowest BCUT2D eigenvalue weighted by Crippen LogP contribution is -2.03. The zero-order valence-electron chi connectivity index (χ0n) is 17.1. The van der Waals surface area contributed by atoms with Gasteiger partial charge in [0.2, 0.25) is 0 Å². The first-order chi connectivity index (χ1) is 15.6. The number of benzene rings is 3. The van der Waals surface area contributed by atoms with Crippen LogP contribution in [-0.2, 0) is 6.54 Å². The molecule has 0 atom stereocenters. The van der Waals surface area contributed by atoms with Gasteiger partial charge in [0.15, 0.2) is 11.3 Å². The average molecular weight is 429 g/mol. The van der Waals surface area contributed by atoms with Crippen LogP contribution >= 0.6 is 0 Å². The third-order valence-corrected chi connectivity index (χ3v) is 4.91. The second-order valence-corrected chi connectivity index (χ2v) is 6.87. The molecule has 0 unspecified atom stereocenters. The number of hydrogen-bond donors (Lipinski definition) is 1. The van der Waals surface area contributed by atoms with Gasteiger partial charge >= 0.3 is 5.63 Å². The van der Waals surface area contributed by atoms with Gasteiger partial charge in [-0.2, -0.15) is 0 Å². The van der Waals surface area contributed by atoms with Gasteiger partial charge in [0.25, 0.3) is 5.69 Å². The summed E-state index contributed by atoms with van der Waals surface area (Å²) in [6.07, 6.45) is 1.48. The Labute approximate surface area is 183 Å². The number of nitro groups is 1. The van der Waals surface area contributed by atoms with E-state index in [0.29, 0.717) is 29.1 Å². The molecule has 1 heterocycles. The number of rotatable bonds is 7. The first-order valence-corrected chi connectivity index (χ1v) is 9.77. The van der Waals surface area contributed by atoms with Crippen molar-refractivity contribution in [2.45, 2.75) is 6.54 Å². The van der Waals surface area contributed by atoms with Gasteiger partial charge in [-0.05, 0) is 35.9 Å². The number of aliphatic imine (C=N–C) groups is 1. The van der Waals surface area contributed by atoms with E-state index in [9.17, 15) is 14.9 Å². The number of para-hydroxylation sites is 3. The van der Waals surface area contributed by atoms with Crippen molar-refractivity contribution < 1.29 is 14.1 Å². The number of nitro benzene ring substituents is 1. The van der Waals surface area contributed by atoms with Crippen LogP contribution < -0.4 is 15.7 Å². The Hall–Kier alpha value is -4.46. The number of ether oxygens (including phenoxy) is 1. The van der Waals surface area contributed by atoms with Crippen LogP contribution in [0.1, 0.15) is 11.1 Å². The van der Waals surface area contributed by atoms with Crippen molar-refractivity contribution in [3.8, 4) is 5.75 Å². The topological polar surface area (TPSA) is 107 Å². The van der Waals surface area contributed by atoms with Gasteiger partial charge in [0.1, 0.15) is 0 Å². The summed E-state index contributed by atoms with van der Waals surface area (Å²) in [7, 11) is 1.52. The SMILES string of the molecule is COc1ccc(CNc2ccccc2N=Cc2ccccc2[N+](=O)[O-])c2ccc(=O)oc12. The molecule has 1 aromatic heterocycles. The monoisotopic (exact) mass is 429 g/mol. The fourth-order valence-corrected chi connectivity index (χ4v) is 3.34. The van der Waals surface area contributed by atoms with Crippen LogP contribution in [0.3, 0.4) is 0 Å². The largest absolute Gasteiger partial charge is 0.493 e. The van der Waals surface area contributed by atoms with Gasteiger partial charge < -0.3 is 14.5 Å². The minimum absolute atomic E-state index is 0.00659. The molecular weight excluding hydrogens is 410 g/mol. The molecule has 8 nitrogen and oxygen atoms in total. The molecule has 4 rings (SSSR count). The molecule has 8 heteroatoms. The van der Waals surface area contributed by atoms with Crippen LogP contribution in [-0.4, -0.2) is 18.2 Å². The number of methoxy groups -OCH3 is 1. The van der Waals surface area contributed by atoms with Gasteiger partial charge in [0, 0.05) is 30.3 Å². The summed E-state index contributed by atoms with van der Waals surface area (Å²) < 4.78 is 10.6. The molecule has 0 fully saturated rings. The van der Waals surface area contributed by atoms with E-state index in [4.69, 9.17) is 9.15 Å². The first-order valence-electron chi connectivity index (χ1n) is 9.77. The van der Waals surface area contributed by atoms with Gasteiger partial charge in [-0.1, -0.05) is 30.3 Å². The predicted molar refractivity (Wildman–Crippen MR) is 123 cm³/mol. The van der Waals surface area contributed by atoms with Crippen molar-refractivity contribution in [3.05, 3.63) is 104 Å². The summed E-state index contributed by atoms with van der Waals surface area (Å²) in [5.74, 6) is 0.482. The summed E-state index contributed by atoms with van der Waals surface area (Å²) in [5, 5.41) is 15.3. The molecule has 0 aliphatic rings. The molecule has 3 aromatic carbocycles. The van der Waals surface area contributed by atoms with E-state index in [1.165, 1.54) is 25.5 Å². The quantitative estimate of drug-likeness (QED) is 0.190. The maximum Gasteiger partial charge on any atom is 0.336 e. The highest BCUT2D eigenvalue weighted by atomic mass is 16.6. The highest BCUT2D eigenvalue weighted by molar-refractivity contribution is 5.89. The molecule has 1 N–H and O–H groups in total. The Morgan fingerprint density at radius 2 is 1.84 bits per heavy atom. The van der Waals surface area contributed by atoms with Crippen LogP contribution in [0.5, 0.6) is 5.75 Å². The van der Waals surface area contributed by atoms with Crippen molar-refractivity contribution in [2.75, 3.05) is 12.4 Å². The molecular formula is C24H19N3O5. The highest BCUT2D eigenvalue weighted by Crippen LogP contribution is 2.30. The average Bonchev–Trinajstić information content (AvgIpc) is 2.81. The third kappa shape index (κ3) is 4.34. The fraction of sp³-hybridized carbons (Fsp3) is 0.0833. The van der Waals surface area contributed by atoms with Crippen LogP contribution in [0.2, 0.25) is 0 Å². The molecule has 0 aliphatic heterocycles. The minimum Gasteiger partial charge on any atom is -0.493 e. The number of nitrogens with one attached hydrogen (secondary N) is 1. The van der Waals surface area contributed by atoms with Crippen molar-refractivity contribution in [2.24, 2.45) is 4.99 Å². The van der Waals surface area contributed by atoms with E-state index < -0.39 is 10.5 Å². The maximum atomic E-state index is 11.6. The Morgan fingerprint density at radius 1 is 1.06 bits per heavy atom. The second-order valence-electron chi connectivity index (χ2n) is 6.87. The standard InChI is InChI=1S/C24H19N3O5/c1-31-22-12-10-16(18-11-13-23(28)32-24(18)22)14-25-19-7-3-4-8-20(19)26-15-17-6-2-5-9-21(17)27(29)30/h2-13,15,25H,14H2,1H3. The minimum atomic E-state index is -0.449. The molecule has 0 amide bonds. The fourth-order valence-electron chi connectivity index (χ4n) is 3.34. The van der Waals surface area contributed by atoms with Crippen molar-refractivity contribution in [1.29, 1.82) is 0 Å². The smallest absolute Gasteiger partial charge is 0.336 e. The van der Waals surface area contributed by atoms with Crippen LogP contribution in [0.15, 0.2) is 87.0 Å². The molecule has 0 radical (unpaired) electrons. The van der Waals surface area contributed by atoms with E-state index >= 15 is 0 Å². The van der Waals surface area contributed by atoms with Crippen molar-refractivity contribution >= 4 is 34.2 Å². The van der Waals surface area contributed by atoms with E-state index in [1.807, 2.05) is 30.3 Å². The lowest BCUT2D eigenvalue weighted by molar-refractivity contribution is -0.385. The summed E-state index contributed by atoms with van der Waals surface area (Å²) in [6, 6.07) is 20.6. The number of fused-ring (bicyclic) bond motifs is 1. The lowest BCUT2D eigenvalue weighted by Gasteiger charge is -2.12. The van der Waals surface area contributed by atoms with Crippen LogP contribution in [0.25, 0.3) is 11.0 Å². The summed E-state index contributed by atoms with van der Waals surface area (Å²) in [4.78, 5) is 26.9. The lowest BCUT2D eigenvalue weighted by atomic mass is 10.1. The Bertz CT molecular complexity index is 1380. The third-order valence-electron chi connectivity index (χ3n) is 4.91. The Kier molecular flexibility index (Phi) is 5.94. The zero-order chi connectivity index (χ0) is 22.5. The van der Waals surface area contributed by atoms with Gasteiger partial charge in [-0.15, -0.1) is 0 Å². The van der Waals surface area contributed by atoms with Crippen molar-refractivity contribution in [1.82, 2.24) is 0 Å². The molecule has 0 aliphatic carbocycles. The summed E-state index contributed by atoms with van der Waals surface area (Å²) in [6.45, 7) is 0.437. The molecule has 0 saturated heterocycles. The number of hydrogen-bond acceptors (Lipinski definition) is 7. The van der Waals surface area contributed by atoms with Gasteiger partial charge in [-0.25, -0.2) is 4.79 Å². The van der Waals surface area contributed by atoms with E-state index in [2.05, 4.69) is 10.3 Å². The summed E-state index contributed by atoms with van der Waals surface area (Å²) >= 11 is 0. The predicted octanol–water partition coefficient (Wildman–Crippen LogP) is 5.07. The van der Waals surface area contributed by atoms with Gasteiger partial charge in [0.05, 0.1) is 29.0 Å². The summed E-state index contributed by atoms with van der Waals surface area (Å²) in [5.41, 5.74) is 2.65. The van der Waals surface area contributed by atoms with Crippen molar-refractivity contribution in [3.63, 3.8) is 0 Å². The molecule has 32 heavy (non-hydrogen) atoms. The zero-order valence-corrected chi connectivity index (χ0v) is 17.1. The molecule has 0 spiro atoms. The first kappa shape index (κ1) is 20.8. The maximum absolute atomic E-state index is 11.6. The van der Waals surface area contributed by atoms with Gasteiger partial charge in [-0.3, -0.25) is 15.1 Å². The van der Waals surface area contributed by atoms with E-state index in [1.54, 1.807) is 30.3 Å². The van der Waals surface area contributed by atoms with Crippen LogP contribution in [0, 0.1) is 10.1 Å². The normalized spacial score (nSPS) is 11.0.